The molecule has 0 saturated heterocycles. The Balaban J connectivity index is 2.14. The zero-order valence-corrected chi connectivity index (χ0v) is 18.7. The van der Waals surface area contributed by atoms with Crippen molar-refractivity contribution in [1.82, 2.24) is 4.98 Å². The number of halogens is 3. The van der Waals surface area contributed by atoms with Crippen molar-refractivity contribution in [2.75, 3.05) is 22.6 Å². The molecule has 0 atom stereocenters. The molecule has 0 aliphatic heterocycles. The molecule has 0 unspecified atom stereocenters. The summed E-state index contributed by atoms with van der Waals surface area (Å²) in [5, 5.41) is 16.5. The second kappa shape index (κ2) is 10.2. The minimum atomic E-state index is -0.546. The van der Waals surface area contributed by atoms with Gasteiger partial charge in [0.2, 0.25) is 5.91 Å². The normalized spacial score (nSPS) is 10.8. The first-order chi connectivity index (χ1) is 15.0. The molecule has 1 amide bonds. The standard InChI is InChI=1S/C22H17BrClFN4O2/c1-2-31-20-10-18-15(9-19(20)29-21(30)4-3-7-23)22(13(11-26)12-27-18)28-14-5-6-17(25)16(24)8-14/h3-6,8-10,12H,2,7H2,1H3,(H,27,28)(H,29,30)/b4-3+. The van der Waals surface area contributed by atoms with Crippen LogP contribution >= 0.6 is 27.5 Å². The smallest absolute Gasteiger partial charge is 0.248 e. The monoisotopic (exact) mass is 502 g/mol. The van der Waals surface area contributed by atoms with E-state index in [4.69, 9.17) is 16.3 Å². The van der Waals surface area contributed by atoms with Gasteiger partial charge in [0.25, 0.3) is 0 Å². The first kappa shape index (κ1) is 22.5. The molecule has 0 spiro atoms. The molecule has 2 N–H and O–H groups in total. The average molecular weight is 504 g/mol. The maximum atomic E-state index is 13.5. The molecular formula is C22H17BrClFN4O2. The minimum absolute atomic E-state index is 0.0490. The number of pyridine rings is 1. The summed E-state index contributed by atoms with van der Waals surface area (Å²) in [5.41, 5.74) is 2.19. The number of amides is 1. The molecule has 158 valence electrons. The van der Waals surface area contributed by atoms with E-state index in [0.29, 0.717) is 45.7 Å². The van der Waals surface area contributed by atoms with E-state index in [2.05, 4.69) is 37.6 Å². The highest BCUT2D eigenvalue weighted by Crippen LogP contribution is 2.36. The zero-order valence-electron chi connectivity index (χ0n) is 16.4. The number of ether oxygens (including phenoxy) is 1. The number of fused-ring (bicyclic) bond motifs is 1. The van der Waals surface area contributed by atoms with Gasteiger partial charge >= 0.3 is 0 Å². The predicted octanol–water partition coefficient (Wildman–Crippen LogP) is 5.93. The summed E-state index contributed by atoms with van der Waals surface area (Å²) >= 11 is 9.12. The Kier molecular flexibility index (Phi) is 7.45. The molecule has 0 aliphatic rings. The molecule has 0 aliphatic carbocycles. The topological polar surface area (TPSA) is 87.0 Å². The number of hydrogen-bond donors (Lipinski definition) is 2. The van der Waals surface area contributed by atoms with Gasteiger partial charge in [-0.05, 0) is 31.2 Å². The third kappa shape index (κ3) is 5.32. The van der Waals surface area contributed by atoms with Crippen LogP contribution in [0.3, 0.4) is 0 Å². The van der Waals surface area contributed by atoms with Crippen LogP contribution in [0.15, 0.2) is 48.7 Å². The van der Waals surface area contributed by atoms with Gasteiger partial charge in [0.1, 0.15) is 17.6 Å². The number of carbonyl (C=O) groups excluding carboxylic acids is 1. The first-order valence-electron chi connectivity index (χ1n) is 9.22. The second-order valence-corrected chi connectivity index (χ2v) is 7.31. The van der Waals surface area contributed by atoms with E-state index in [0.717, 1.165) is 0 Å². The number of nitrogens with one attached hydrogen (secondary N) is 2. The number of nitrogens with zero attached hydrogens (tertiary/aromatic N) is 2. The van der Waals surface area contributed by atoms with E-state index in [9.17, 15) is 14.4 Å². The number of anilines is 3. The maximum absolute atomic E-state index is 13.5. The number of carbonyl (C=O) groups is 1. The van der Waals surface area contributed by atoms with Gasteiger partial charge in [-0.15, -0.1) is 0 Å². The highest BCUT2D eigenvalue weighted by atomic mass is 79.9. The molecule has 1 heterocycles. The Morgan fingerprint density at radius 3 is 2.87 bits per heavy atom. The summed E-state index contributed by atoms with van der Waals surface area (Å²) < 4.78 is 19.2. The number of hydrogen-bond acceptors (Lipinski definition) is 5. The summed E-state index contributed by atoms with van der Waals surface area (Å²) in [5.74, 6) is -0.428. The van der Waals surface area contributed by atoms with E-state index in [1.165, 1.54) is 30.5 Å². The molecule has 0 radical (unpaired) electrons. The molecule has 0 bridgehead atoms. The number of nitriles is 1. The minimum Gasteiger partial charge on any atom is -0.492 e. The Hall–Kier alpha value is -3.15. The summed E-state index contributed by atoms with van der Waals surface area (Å²) in [6.45, 7) is 2.22. The lowest BCUT2D eigenvalue weighted by Gasteiger charge is -2.16. The van der Waals surface area contributed by atoms with Crippen molar-refractivity contribution in [3.05, 3.63) is 65.1 Å². The number of aromatic nitrogens is 1. The van der Waals surface area contributed by atoms with Gasteiger partial charge in [0.15, 0.2) is 0 Å². The molecular weight excluding hydrogens is 487 g/mol. The summed E-state index contributed by atoms with van der Waals surface area (Å²) in [6.07, 6.45) is 4.50. The number of rotatable bonds is 7. The molecule has 9 heteroatoms. The lowest BCUT2D eigenvalue weighted by atomic mass is 10.1. The molecule has 0 fully saturated rings. The first-order valence-corrected chi connectivity index (χ1v) is 10.7. The van der Waals surface area contributed by atoms with Gasteiger partial charge in [-0.25, -0.2) is 4.39 Å². The van der Waals surface area contributed by atoms with E-state index in [1.54, 1.807) is 18.2 Å². The van der Waals surface area contributed by atoms with Crippen molar-refractivity contribution in [2.24, 2.45) is 0 Å². The highest BCUT2D eigenvalue weighted by molar-refractivity contribution is 9.09. The fraction of sp³-hybridized carbons (Fsp3) is 0.136. The second-order valence-electron chi connectivity index (χ2n) is 6.26. The van der Waals surface area contributed by atoms with E-state index in [1.807, 2.05) is 6.92 Å². The molecule has 1 aromatic heterocycles. The van der Waals surface area contributed by atoms with Gasteiger partial charge in [-0.2, -0.15) is 5.26 Å². The molecule has 6 nitrogen and oxygen atoms in total. The average Bonchev–Trinajstić information content (AvgIpc) is 2.76. The summed E-state index contributed by atoms with van der Waals surface area (Å²) in [4.78, 5) is 16.6. The third-order valence-electron chi connectivity index (χ3n) is 4.19. The molecule has 0 saturated carbocycles. The molecule has 3 aromatic rings. The van der Waals surface area contributed by atoms with Crippen molar-refractivity contribution in [2.45, 2.75) is 6.92 Å². The fourth-order valence-electron chi connectivity index (χ4n) is 2.86. The van der Waals surface area contributed by atoms with Gasteiger partial charge in [0.05, 0.1) is 34.1 Å². The SMILES string of the molecule is CCOc1cc2ncc(C#N)c(Nc3ccc(F)c(Cl)c3)c2cc1NC(=O)/C=C/CBr. The van der Waals surface area contributed by atoms with Crippen LogP contribution in [0.1, 0.15) is 12.5 Å². The van der Waals surface area contributed by atoms with E-state index >= 15 is 0 Å². The van der Waals surface area contributed by atoms with Crippen LogP contribution in [0.2, 0.25) is 5.02 Å². The fourth-order valence-corrected chi connectivity index (χ4v) is 3.22. The van der Waals surface area contributed by atoms with Crippen molar-refractivity contribution in [1.29, 1.82) is 5.26 Å². The Morgan fingerprint density at radius 2 is 2.19 bits per heavy atom. The van der Waals surface area contributed by atoms with Gasteiger partial charge in [-0.1, -0.05) is 33.6 Å². The van der Waals surface area contributed by atoms with E-state index < -0.39 is 5.82 Å². The zero-order chi connectivity index (χ0) is 22.4. The molecule has 2 aromatic carbocycles. The Bertz CT molecular complexity index is 1210. The summed E-state index contributed by atoms with van der Waals surface area (Å²) in [6, 6.07) is 9.63. The molecule has 3 rings (SSSR count). The van der Waals surface area contributed by atoms with Crippen LogP contribution in [0, 0.1) is 17.1 Å². The van der Waals surface area contributed by atoms with Crippen molar-refractivity contribution < 1.29 is 13.9 Å². The van der Waals surface area contributed by atoms with Crippen LogP contribution in [-0.2, 0) is 4.79 Å². The third-order valence-corrected chi connectivity index (χ3v) is 4.86. The maximum Gasteiger partial charge on any atom is 0.248 e. The Morgan fingerprint density at radius 1 is 1.39 bits per heavy atom. The van der Waals surface area contributed by atoms with Crippen LogP contribution in [0.5, 0.6) is 5.75 Å². The quantitative estimate of drug-likeness (QED) is 0.308. The van der Waals surface area contributed by atoms with Crippen LogP contribution in [-0.4, -0.2) is 22.8 Å². The van der Waals surface area contributed by atoms with Crippen LogP contribution < -0.4 is 15.4 Å². The number of alkyl halides is 1. The van der Waals surface area contributed by atoms with Gasteiger partial charge in [0, 0.05) is 34.7 Å². The van der Waals surface area contributed by atoms with Crippen LogP contribution in [0.25, 0.3) is 10.9 Å². The number of benzene rings is 2. The van der Waals surface area contributed by atoms with E-state index in [-0.39, 0.29) is 16.5 Å². The summed E-state index contributed by atoms with van der Waals surface area (Å²) in [7, 11) is 0. The van der Waals surface area contributed by atoms with Crippen molar-refractivity contribution in [3.8, 4) is 11.8 Å². The largest absolute Gasteiger partial charge is 0.492 e. The van der Waals surface area contributed by atoms with Crippen molar-refractivity contribution in [3.63, 3.8) is 0 Å². The van der Waals surface area contributed by atoms with Gasteiger partial charge < -0.3 is 15.4 Å². The number of allylic oxidation sites excluding steroid dienone is 1. The van der Waals surface area contributed by atoms with Gasteiger partial charge in [-0.3, -0.25) is 9.78 Å². The van der Waals surface area contributed by atoms with Crippen LogP contribution in [0.4, 0.5) is 21.5 Å². The predicted molar refractivity (Wildman–Crippen MR) is 124 cm³/mol. The molecule has 31 heavy (non-hydrogen) atoms. The Labute approximate surface area is 191 Å². The van der Waals surface area contributed by atoms with Crippen molar-refractivity contribution >= 4 is 61.4 Å². The highest BCUT2D eigenvalue weighted by Gasteiger charge is 2.15. The lowest BCUT2D eigenvalue weighted by molar-refractivity contribution is -0.111. The lowest BCUT2D eigenvalue weighted by Crippen LogP contribution is -2.10.